The molecule has 0 N–H and O–H groups in total. The van der Waals surface area contributed by atoms with Crippen LogP contribution in [-0.2, 0) is 4.79 Å². The maximum atomic E-state index is 10.6. The molecular formula is C10H18BrNO. The van der Waals surface area contributed by atoms with Gasteiger partial charge >= 0.3 is 0 Å². The zero-order valence-corrected chi connectivity index (χ0v) is 9.96. The highest BCUT2D eigenvalue weighted by Gasteiger charge is 2.29. The molecule has 0 spiro atoms. The van der Waals surface area contributed by atoms with Gasteiger partial charge in [0.15, 0.2) is 0 Å². The molecule has 0 radical (unpaired) electrons. The lowest BCUT2D eigenvalue weighted by Crippen LogP contribution is -2.38. The Bertz CT molecular complexity index is 172. The van der Waals surface area contributed by atoms with E-state index < -0.39 is 0 Å². The highest BCUT2D eigenvalue weighted by molar-refractivity contribution is 9.10. The van der Waals surface area contributed by atoms with Crippen LogP contribution in [0, 0.1) is 5.92 Å². The van der Waals surface area contributed by atoms with E-state index in [0.717, 1.165) is 25.8 Å². The zero-order chi connectivity index (χ0) is 9.84. The summed E-state index contributed by atoms with van der Waals surface area (Å²) in [6.07, 6.45) is 3.40. The fraction of sp³-hybridized carbons (Fsp3) is 0.900. The van der Waals surface area contributed by atoms with Crippen LogP contribution in [0.3, 0.4) is 0 Å². The van der Waals surface area contributed by atoms with Crippen LogP contribution < -0.4 is 0 Å². The van der Waals surface area contributed by atoms with E-state index in [4.69, 9.17) is 0 Å². The zero-order valence-electron chi connectivity index (χ0n) is 8.37. The maximum Gasteiger partial charge on any atom is 0.135 e. The van der Waals surface area contributed by atoms with E-state index in [9.17, 15) is 4.79 Å². The molecule has 1 rings (SSSR count). The monoisotopic (exact) mass is 247 g/mol. The third-order valence-electron chi connectivity index (χ3n) is 2.51. The van der Waals surface area contributed by atoms with Crippen molar-refractivity contribution >= 4 is 22.2 Å². The molecule has 1 unspecified atom stereocenters. The molecule has 1 fully saturated rings. The van der Waals surface area contributed by atoms with Crippen molar-refractivity contribution in [2.45, 2.75) is 37.6 Å². The second-order valence-electron chi connectivity index (χ2n) is 4.18. The van der Waals surface area contributed by atoms with Crippen LogP contribution in [0.1, 0.15) is 26.7 Å². The van der Waals surface area contributed by atoms with Crippen molar-refractivity contribution in [3.63, 3.8) is 0 Å². The quantitative estimate of drug-likeness (QED) is 0.560. The molecule has 2 atom stereocenters. The summed E-state index contributed by atoms with van der Waals surface area (Å²) in [5, 5.41) is 0. The number of carbonyl (C=O) groups excluding carboxylic acids is 1. The van der Waals surface area contributed by atoms with Crippen molar-refractivity contribution in [3.05, 3.63) is 0 Å². The van der Waals surface area contributed by atoms with Gasteiger partial charge in [0.1, 0.15) is 6.29 Å². The molecule has 0 aromatic rings. The van der Waals surface area contributed by atoms with E-state index >= 15 is 0 Å². The molecule has 0 saturated carbocycles. The first-order valence-corrected chi connectivity index (χ1v) is 5.90. The van der Waals surface area contributed by atoms with E-state index in [1.165, 1.54) is 6.42 Å². The lowest BCUT2D eigenvalue weighted by Gasteiger charge is -2.27. The van der Waals surface area contributed by atoms with E-state index in [1.807, 2.05) is 0 Å². The smallest absolute Gasteiger partial charge is 0.135 e. The van der Waals surface area contributed by atoms with Crippen molar-refractivity contribution in [2.75, 3.05) is 13.1 Å². The summed E-state index contributed by atoms with van der Waals surface area (Å²) in [6, 6.07) is 0.430. The van der Waals surface area contributed by atoms with E-state index in [1.54, 1.807) is 0 Å². The number of carbonyl (C=O) groups is 1. The minimum absolute atomic E-state index is 0.0220. The van der Waals surface area contributed by atoms with Crippen molar-refractivity contribution < 1.29 is 4.79 Å². The number of halogens is 1. The van der Waals surface area contributed by atoms with Gasteiger partial charge in [-0.2, -0.15) is 0 Å². The third-order valence-corrected chi connectivity index (χ3v) is 3.34. The van der Waals surface area contributed by atoms with Gasteiger partial charge in [0, 0.05) is 12.6 Å². The summed E-state index contributed by atoms with van der Waals surface area (Å²) in [5.74, 6) is 0.687. The highest BCUT2D eigenvalue weighted by Crippen LogP contribution is 2.24. The molecule has 0 bridgehead atoms. The average Bonchev–Trinajstić information content (AvgIpc) is 2.50. The molecule has 1 saturated heterocycles. The summed E-state index contributed by atoms with van der Waals surface area (Å²) >= 11 is 3.42. The summed E-state index contributed by atoms with van der Waals surface area (Å²) in [6.45, 7) is 6.71. The van der Waals surface area contributed by atoms with Gasteiger partial charge < -0.3 is 4.79 Å². The molecular weight excluding hydrogens is 230 g/mol. The van der Waals surface area contributed by atoms with Crippen molar-refractivity contribution in [3.8, 4) is 0 Å². The van der Waals surface area contributed by atoms with E-state index in [2.05, 4.69) is 34.7 Å². The number of hydrogen-bond acceptors (Lipinski definition) is 2. The average molecular weight is 248 g/mol. The SMILES string of the molecule is CC(C)CN1CCC[C@H]1C(Br)C=O. The summed E-state index contributed by atoms with van der Waals surface area (Å²) in [7, 11) is 0. The molecule has 0 aliphatic carbocycles. The van der Waals surface area contributed by atoms with Crippen LogP contribution in [0.15, 0.2) is 0 Å². The Morgan fingerprint density at radius 2 is 2.31 bits per heavy atom. The van der Waals surface area contributed by atoms with Crippen molar-refractivity contribution in [1.82, 2.24) is 4.90 Å². The number of hydrogen-bond donors (Lipinski definition) is 0. The highest BCUT2D eigenvalue weighted by atomic mass is 79.9. The second kappa shape index (κ2) is 5.11. The topological polar surface area (TPSA) is 20.3 Å². The molecule has 1 aliphatic heterocycles. The fourth-order valence-corrected chi connectivity index (χ4v) is 2.60. The molecule has 3 heteroatoms. The Morgan fingerprint density at radius 1 is 1.62 bits per heavy atom. The summed E-state index contributed by atoms with van der Waals surface area (Å²) in [4.78, 5) is 13.1. The van der Waals surface area contributed by atoms with Crippen LogP contribution >= 0.6 is 15.9 Å². The van der Waals surface area contributed by atoms with Gasteiger partial charge in [-0.1, -0.05) is 29.8 Å². The minimum Gasteiger partial charge on any atom is -0.302 e. The van der Waals surface area contributed by atoms with Crippen molar-refractivity contribution in [2.24, 2.45) is 5.92 Å². The molecule has 1 aliphatic rings. The van der Waals surface area contributed by atoms with Crippen LogP contribution in [0.5, 0.6) is 0 Å². The molecule has 0 aromatic carbocycles. The summed E-state index contributed by atoms with van der Waals surface area (Å²) < 4.78 is 0. The predicted molar refractivity (Wildman–Crippen MR) is 58.2 cm³/mol. The van der Waals surface area contributed by atoms with Crippen LogP contribution in [0.2, 0.25) is 0 Å². The molecule has 2 nitrogen and oxygen atoms in total. The van der Waals surface area contributed by atoms with Crippen molar-refractivity contribution in [1.29, 1.82) is 0 Å². The second-order valence-corrected chi connectivity index (χ2v) is 5.24. The molecule has 13 heavy (non-hydrogen) atoms. The van der Waals surface area contributed by atoms with E-state index in [0.29, 0.717) is 12.0 Å². The molecule has 0 amide bonds. The lowest BCUT2D eigenvalue weighted by molar-refractivity contribution is -0.108. The number of aldehydes is 1. The summed E-state index contributed by atoms with van der Waals surface area (Å²) in [5.41, 5.74) is 0. The normalized spacial score (nSPS) is 26.6. The third kappa shape index (κ3) is 3.06. The van der Waals surface area contributed by atoms with Crippen LogP contribution in [0.25, 0.3) is 0 Å². The van der Waals surface area contributed by atoms with Gasteiger partial charge in [0.2, 0.25) is 0 Å². The number of alkyl halides is 1. The Hall–Kier alpha value is 0.110. The van der Waals surface area contributed by atoms with Crippen LogP contribution in [0.4, 0.5) is 0 Å². The molecule has 1 heterocycles. The Kier molecular flexibility index (Phi) is 4.39. The Morgan fingerprint density at radius 3 is 2.85 bits per heavy atom. The van der Waals surface area contributed by atoms with E-state index in [-0.39, 0.29) is 4.83 Å². The Labute approximate surface area is 88.8 Å². The number of rotatable bonds is 4. The first-order valence-electron chi connectivity index (χ1n) is 4.98. The predicted octanol–water partition coefficient (Wildman–Crippen LogP) is 2.07. The minimum atomic E-state index is 0.0220. The van der Waals surface area contributed by atoms with Gasteiger partial charge in [-0.3, -0.25) is 4.90 Å². The first kappa shape index (κ1) is 11.2. The fourth-order valence-electron chi connectivity index (χ4n) is 2.00. The Balaban J connectivity index is 2.48. The number of nitrogens with zero attached hydrogens (tertiary/aromatic N) is 1. The van der Waals surface area contributed by atoms with Gasteiger partial charge in [-0.25, -0.2) is 0 Å². The van der Waals surface area contributed by atoms with Gasteiger partial charge in [-0.15, -0.1) is 0 Å². The number of likely N-dealkylation sites (tertiary alicyclic amines) is 1. The molecule has 0 aromatic heterocycles. The van der Waals surface area contributed by atoms with Gasteiger partial charge in [-0.05, 0) is 25.3 Å². The standard InChI is InChI=1S/C10H18BrNO/c1-8(2)6-12-5-3-4-10(12)9(11)7-13/h7-10H,3-6H2,1-2H3/t9?,10-/m0/s1. The molecule has 76 valence electrons. The first-order chi connectivity index (χ1) is 6.15. The maximum absolute atomic E-state index is 10.6. The lowest BCUT2D eigenvalue weighted by atomic mass is 10.1. The van der Waals surface area contributed by atoms with Gasteiger partial charge in [0.05, 0.1) is 4.83 Å². The van der Waals surface area contributed by atoms with Gasteiger partial charge in [0.25, 0.3) is 0 Å². The van der Waals surface area contributed by atoms with Crippen LogP contribution in [-0.4, -0.2) is 35.1 Å². The largest absolute Gasteiger partial charge is 0.302 e.